The van der Waals surface area contributed by atoms with E-state index in [1.54, 1.807) is 0 Å². The summed E-state index contributed by atoms with van der Waals surface area (Å²) in [5, 5.41) is 0. The molecule has 2 rings (SSSR count). The first-order chi connectivity index (χ1) is 7.74. The van der Waals surface area contributed by atoms with Gasteiger partial charge >= 0.3 is 0 Å². The fraction of sp³-hybridized carbons (Fsp3) is 0.200. The van der Waals surface area contributed by atoms with E-state index in [0.717, 1.165) is 0 Å². The molecule has 0 fully saturated rings. The van der Waals surface area contributed by atoms with Crippen LogP contribution in [0.15, 0.2) is 42.5 Å². The minimum absolute atomic E-state index is 0. The molecule has 2 aromatic carbocycles. The van der Waals surface area contributed by atoms with Crippen molar-refractivity contribution in [3.8, 4) is 11.1 Å². The maximum absolute atomic E-state index is 5.90. The first-order valence-electron chi connectivity index (χ1n) is 5.44. The lowest BCUT2D eigenvalue weighted by Crippen LogP contribution is -1.92. The average molecular weight is 248 g/mol. The van der Waals surface area contributed by atoms with Gasteiger partial charge in [0.15, 0.2) is 0 Å². The molecule has 0 unspecified atom stereocenters. The molecule has 0 heterocycles. The number of hydrogen-bond donors (Lipinski definition) is 1. The third-order valence-corrected chi connectivity index (χ3v) is 3.42. The molecule has 0 spiro atoms. The normalized spacial score (nSPS) is 9.82. The van der Waals surface area contributed by atoms with Gasteiger partial charge in [0.1, 0.15) is 0 Å². The summed E-state index contributed by atoms with van der Waals surface area (Å²) in [4.78, 5) is 0. The predicted molar refractivity (Wildman–Crippen MR) is 75.9 cm³/mol. The van der Waals surface area contributed by atoms with Crippen molar-refractivity contribution in [2.75, 3.05) is 0 Å². The van der Waals surface area contributed by atoms with Gasteiger partial charge in [0, 0.05) is 5.88 Å². The molecular weight excluding hydrogens is 230 g/mol. The largest absolute Gasteiger partial charge is 0.344 e. The van der Waals surface area contributed by atoms with Gasteiger partial charge in [-0.2, -0.15) is 0 Å². The van der Waals surface area contributed by atoms with Gasteiger partial charge in [-0.05, 0) is 41.7 Å². The fourth-order valence-corrected chi connectivity index (χ4v) is 2.24. The number of hydrogen-bond acceptors (Lipinski definition) is 1. The monoisotopic (exact) mass is 247 g/mol. The summed E-state index contributed by atoms with van der Waals surface area (Å²) in [6.07, 6.45) is 0. The standard InChI is InChI=1S/C15H15Cl.H3N/c1-11-12(2)15(9-8-14(11)10-16)13-6-4-3-5-7-13;/h3-9H,10H2,1-2H3;1H3. The van der Waals surface area contributed by atoms with Crippen molar-refractivity contribution in [1.82, 2.24) is 6.15 Å². The molecule has 2 heteroatoms. The van der Waals surface area contributed by atoms with Crippen LogP contribution in [-0.4, -0.2) is 0 Å². The Hall–Kier alpha value is -1.31. The van der Waals surface area contributed by atoms with Crippen LogP contribution in [0.2, 0.25) is 0 Å². The van der Waals surface area contributed by atoms with Crippen molar-refractivity contribution in [3.05, 3.63) is 59.2 Å². The predicted octanol–water partition coefficient (Wildman–Crippen LogP) is 4.87. The quantitative estimate of drug-likeness (QED) is 0.755. The molecular formula is C15H18ClN. The van der Waals surface area contributed by atoms with Crippen LogP contribution in [0, 0.1) is 13.8 Å². The Morgan fingerprint density at radius 1 is 0.882 bits per heavy atom. The SMILES string of the molecule is Cc1c(CCl)ccc(-c2ccccc2)c1C.N. The van der Waals surface area contributed by atoms with Crippen LogP contribution in [0.25, 0.3) is 11.1 Å². The molecule has 17 heavy (non-hydrogen) atoms. The smallest absolute Gasteiger partial charge is 0.0476 e. The summed E-state index contributed by atoms with van der Waals surface area (Å²) >= 11 is 5.90. The number of halogens is 1. The Bertz CT molecular complexity index is 492. The van der Waals surface area contributed by atoms with E-state index in [2.05, 4.69) is 50.2 Å². The third-order valence-electron chi connectivity index (χ3n) is 3.13. The van der Waals surface area contributed by atoms with E-state index in [1.807, 2.05) is 6.07 Å². The first kappa shape index (κ1) is 13.8. The van der Waals surface area contributed by atoms with Crippen molar-refractivity contribution < 1.29 is 0 Å². The zero-order valence-corrected chi connectivity index (χ0v) is 11.1. The zero-order valence-electron chi connectivity index (χ0n) is 10.3. The summed E-state index contributed by atoms with van der Waals surface area (Å²) in [6.45, 7) is 4.30. The fourth-order valence-electron chi connectivity index (χ4n) is 1.95. The second-order valence-electron chi connectivity index (χ2n) is 4.02. The first-order valence-corrected chi connectivity index (χ1v) is 5.98. The van der Waals surface area contributed by atoms with Crippen LogP contribution < -0.4 is 6.15 Å². The van der Waals surface area contributed by atoms with Gasteiger partial charge in [0.2, 0.25) is 0 Å². The van der Waals surface area contributed by atoms with E-state index in [-0.39, 0.29) is 6.15 Å². The number of benzene rings is 2. The van der Waals surface area contributed by atoms with Gasteiger partial charge in [0.25, 0.3) is 0 Å². The van der Waals surface area contributed by atoms with Gasteiger partial charge in [-0.25, -0.2) is 0 Å². The van der Waals surface area contributed by atoms with Crippen LogP contribution in [-0.2, 0) is 5.88 Å². The van der Waals surface area contributed by atoms with Gasteiger partial charge in [0.05, 0.1) is 0 Å². The number of alkyl halides is 1. The van der Waals surface area contributed by atoms with Crippen molar-refractivity contribution in [3.63, 3.8) is 0 Å². The molecule has 0 saturated carbocycles. The van der Waals surface area contributed by atoms with Crippen LogP contribution in [0.5, 0.6) is 0 Å². The summed E-state index contributed by atoms with van der Waals surface area (Å²) in [5.41, 5.74) is 6.41. The van der Waals surface area contributed by atoms with E-state index in [1.165, 1.54) is 27.8 Å². The molecule has 0 radical (unpaired) electrons. The molecule has 0 bridgehead atoms. The van der Waals surface area contributed by atoms with E-state index in [9.17, 15) is 0 Å². The number of rotatable bonds is 2. The van der Waals surface area contributed by atoms with E-state index in [4.69, 9.17) is 11.6 Å². The molecule has 0 aliphatic rings. The Morgan fingerprint density at radius 3 is 2.12 bits per heavy atom. The highest BCUT2D eigenvalue weighted by Gasteiger charge is 2.06. The Labute approximate surface area is 108 Å². The molecule has 0 aromatic heterocycles. The minimum Gasteiger partial charge on any atom is -0.344 e. The summed E-state index contributed by atoms with van der Waals surface area (Å²) in [5.74, 6) is 0.585. The van der Waals surface area contributed by atoms with E-state index < -0.39 is 0 Å². The summed E-state index contributed by atoms with van der Waals surface area (Å²) < 4.78 is 0. The summed E-state index contributed by atoms with van der Waals surface area (Å²) in [7, 11) is 0. The molecule has 0 aliphatic carbocycles. The highest BCUT2D eigenvalue weighted by Crippen LogP contribution is 2.27. The van der Waals surface area contributed by atoms with Gasteiger partial charge in [-0.1, -0.05) is 42.5 Å². The summed E-state index contributed by atoms with van der Waals surface area (Å²) in [6, 6.07) is 14.7. The van der Waals surface area contributed by atoms with Crippen LogP contribution >= 0.6 is 11.6 Å². The third kappa shape index (κ3) is 2.68. The van der Waals surface area contributed by atoms with Crippen LogP contribution in [0.3, 0.4) is 0 Å². The van der Waals surface area contributed by atoms with Crippen molar-refractivity contribution in [1.29, 1.82) is 0 Å². The molecule has 0 saturated heterocycles. The molecule has 0 amide bonds. The zero-order chi connectivity index (χ0) is 11.5. The maximum atomic E-state index is 5.90. The van der Waals surface area contributed by atoms with E-state index >= 15 is 0 Å². The highest BCUT2D eigenvalue weighted by atomic mass is 35.5. The van der Waals surface area contributed by atoms with Crippen molar-refractivity contribution >= 4 is 11.6 Å². The molecule has 0 atom stereocenters. The lowest BCUT2D eigenvalue weighted by Gasteiger charge is -2.12. The second-order valence-corrected chi connectivity index (χ2v) is 4.29. The van der Waals surface area contributed by atoms with Gasteiger partial charge in [-0.15, -0.1) is 11.6 Å². The molecule has 90 valence electrons. The van der Waals surface area contributed by atoms with Gasteiger partial charge in [-0.3, -0.25) is 0 Å². The van der Waals surface area contributed by atoms with Crippen molar-refractivity contribution in [2.24, 2.45) is 0 Å². The van der Waals surface area contributed by atoms with Crippen molar-refractivity contribution in [2.45, 2.75) is 19.7 Å². The Morgan fingerprint density at radius 2 is 1.53 bits per heavy atom. The lowest BCUT2D eigenvalue weighted by molar-refractivity contribution is 1.24. The van der Waals surface area contributed by atoms with Crippen LogP contribution in [0.4, 0.5) is 0 Å². The highest BCUT2D eigenvalue weighted by molar-refractivity contribution is 6.17. The average Bonchev–Trinajstić information content (AvgIpc) is 2.34. The van der Waals surface area contributed by atoms with Gasteiger partial charge < -0.3 is 6.15 Å². The van der Waals surface area contributed by atoms with Crippen LogP contribution in [0.1, 0.15) is 16.7 Å². The molecule has 3 N–H and O–H groups in total. The maximum Gasteiger partial charge on any atom is 0.0476 e. The molecule has 2 aromatic rings. The minimum atomic E-state index is 0. The topological polar surface area (TPSA) is 35.0 Å². The second kappa shape index (κ2) is 5.85. The van der Waals surface area contributed by atoms with E-state index in [0.29, 0.717) is 5.88 Å². The molecule has 0 aliphatic heterocycles. The Balaban J connectivity index is 0.00000144. The lowest BCUT2D eigenvalue weighted by atomic mass is 9.94. The Kier molecular flexibility index (Phi) is 4.73. The molecule has 1 nitrogen and oxygen atoms in total.